The van der Waals surface area contributed by atoms with Gasteiger partial charge < -0.3 is 16.0 Å². The predicted molar refractivity (Wildman–Crippen MR) is 70.9 cm³/mol. The van der Waals surface area contributed by atoms with Crippen LogP contribution < -0.4 is 11.1 Å². The summed E-state index contributed by atoms with van der Waals surface area (Å²) in [4.78, 5) is 24.7. The molecule has 5 nitrogen and oxygen atoms in total. The lowest BCUT2D eigenvalue weighted by Gasteiger charge is -2.30. The molecule has 0 saturated carbocycles. The Morgan fingerprint density at radius 2 is 2.11 bits per heavy atom. The summed E-state index contributed by atoms with van der Waals surface area (Å²) in [6.07, 6.45) is 6.02. The van der Waals surface area contributed by atoms with Gasteiger partial charge >= 0.3 is 0 Å². The topological polar surface area (TPSA) is 75.4 Å². The summed E-state index contributed by atoms with van der Waals surface area (Å²) < 4.78 is 0. The van der Waals surface area contributed by atoms with E-state index < -0.39 is 0 Å². The number of nitrogens with two attached hydrogens (primary N) is 1. The van der Waals surface area contributed by atoms with Gasteiger partial charge in [-0.1, -0.05) is 12.8 Å². The van der Waals surface area contributed by atoms with Crippen LogP contribution in [-0.4, -0.2) is 42.9 Å². The van der Waals surface area contributed by atoms with E-state index in [-0.39, 0.29) is 17.9 Å². The van der Waals surface area contributed by atoms with E-state index in [1.807, 2.05) is 0 Å². The molecular formula is C13H25N3O2. The van der Waals surface area contributed by atoms with Gasteiger partial charge in [0.05, 0.1) is 0 Å². The number of rotatable bonds is 7. The molecule has 1 fully saturated rings. The van der Waals surface area contributed by atoms with Crippen molar-refractivity contribution in [3.05, 3.63) is 0 Å². The molecule has 0 aromatic carbocycles. The molecule has 18 heavy (non-hydrogen) atoms. The first-order chi connectivity index (χ1) is 8.63. The van der Waals surface area contributed by atoms with Crippen LogP contribution >= 0.6 is 0 Å². The number of likely N-dealkylation sites (tertiary alicyclic amines) is 1. The average molecular weight is 255 g/mol. The summed E-state index contributed by atoms with van der Waals surface area (Å²) in [5.41, 5.74) is 5.41. The molecule has 0 radical (unpaired) electrons. The van der Waals surface area contributed by atoms with Crippen molar-refractivity contribution in [1.82, 2.24) is 10.2 Å². The van der Waals surface area contributed by atoms with Gasteiger partial charge in [-0.2, -0.15) is 0 Å². The zero-order valence-corrected chi connectivity index (χ0v) is 11.3. The number of hydrogen-bond donors (Lipinski definition) is 2. The third-order valence-corrected chi connectivity index (χ3v) is 3.35. The number of likely N-dealkylation sites (N-methyl/N-ethyl adjacent to an activating group) is 1. The first kappa shape index (κ1) is 15.0. The molecule has 1 heterocycles. The second-order valence-electron chi connectivity index (χ2n) is 5.03. The molecule has 1 unspecified atom stereocenters. The maximum absolute atomic E-state index is 11.7. The standard InChI is InChI=1S/C13H25N3O2/c1-16-10-11(7-8-13(16)18)15-12(17)6-4-2-3-5-9-14/h11H,2-10,14H2,1H3,(H,15,17). The Bertz CT molecular complexity index is 281. The number of carbonyl (C=O) groups is 2. The normalized spacial score (nSPS) is 20.0. The van der Waals surface area contributed by atoms with Crippen LogP contribution in [0.3, 0.4) is 0 Å². The Morgan fingerprint density at radius 3 is 2.78 bits per heavy atom. The van der Waals surface area contributed by atoms with Crippen LogP contribution in [-0.2, 0) is 9.59 Å². The summed E-state index contributed by atoms with van der Waals surface area (Å²) >= 11 is 0. The van der Waals surface area contributed by atoms with Crippen LogP contribution in [0.1, 0.15) is 44.9 Å². The highest BCUT2D eigenvalue weighted by atomic mass is 16.2. The van der Waals surface area contributed by atoms with Gasteiger partial charge in [0.15, 0.2) is 0 Å². The zero-order valence-electron chi connectivity index (χ0n) is 11.3. The lowest BCUT2D eigenvalue weighted by Crippen LogP contribution is -2.48. The monoisotopic (exact) mass is 255 g/mol. The number of nitrogens with one attached hydrogen (secondary N) is 1. The molecule has 104 valence electrons. The third-order valence-electron chi connectivity index (χ3n) is 3.35. The van der Waals surface area contributed by atoms with Gasteiger partial charge in [0.25, 0.3) is 0 Å². The second kappa shape index (κ2) is 8.08. The van der Waals surface area contributed by atoms with Crippen molar-refractivity contribution in [1.29, 1.82) is 0 Å². The Labute approximate surface area is 109 Å². The van der Waals surface area contributed by atoms with Crippen LogP contribution in [0.2, 0.25) is 0 Å². The number of nitrogens with zero attached hydrogens (tertiary/aromatic N) is 1. The number of hydrogen-bond acceptors (Lipinski definition) is 3. The van der Waals surface area contributed by atoms with Crippen molar-refractivity contribution in [3.63, 3.8) is 0 Å². The van der Waals surface area contributed by atoms with E-state index in [0.29, 0.717) is 19.4 Å². The van der Waals surface area contributed by atoms with Gasteiger partial charge in [0.1, 0.15) is 0 Å². The number of amides is 2. The molecule has 5 heteroatoms. The summed E-state index contributed by atoms with van der Waals surface area (Å²) in [5, 5.41) is 3.00. The largest absolute Gasteiger partial charge is 0.352 e. The molecule has 1 saturated heterocycles. The summed E-state index contributed by atoms with van der Waals surface area (Å²) in [5.74, 6) is 0.276. The molecule has 0 spiro atoms. The molecule has 0 bridgehead atoms. The molecule has 2 amide bonds. The van der Waals surface area contributed by atoms with E-state index in [1.165, 1.54) is 0 Å². The second-order valence-corrected chi connectivity index (χ2v) is 5.03. The van der Waals surface area contributed by atoms with E-state index in [0.717, 1.165) is 38.6 Å². The Hall–Kier alpha value is -1.10. The van der Waals surface area contributed by atoms with E-state index in [2.05, 4.69) is 5.32 Å². The summed E-state index contributed by atoms with van der Waals surface area (Å²) in [7, 11) is 1.79. The van der Waals surface area contributed by atoms with Gasteiger partial charge in [-0.25, -0.2) is 0 Å². The highest BCUT2D eigenvalue weighted by Crippen LogP contribution is 2.10. The van der Waals surface area contributed by atoms with E-state index >= 15 is 0 Å². The highest BCUT2D eigenvalue weighted by Gasteiger charge is 2.23. The van der Waals surface area contributed by atoms with Crippen molar-refractivity contribution < 1.29 is 9.59 Å². The van der Waals surface area contributed by atoms with Gasteiger partial charge in [-0.05, 0) is 25.8 Å². The predicted octanol–water partition coefficient (Wildman–Crippen LogP) is 0.633. The van der Waals surface area contributed by atoms with Gasteiger partial charge in [0, 0.05) is 32.5 Å². The minimum Gasteiger partial charge on any atom is -0.352 e. The minimum absolute atomic E-state index is 0.107. The van der Waals surface area contributed by atoms with Crippen LogP contribution in [0.5, 0.6) is 0 Å². The van der Waals surface area contributed by atoms with Gasteiger partial charge in [0.2, 0.25) is 11.8 Å². The van der Waals surface area contributed by atoms with Crippen LogP contribution in [0, 0.1) is 0 Å². The number of carbonyl (C=O) groups excluding carboxylic acids is 2. The maximum Gasteiger partial charge on any atom is 0.222 e. The van der Waals surface area contributed by atoms with Crippen LogP contribution in [0.15, 0.2) is 0 Å². The van der Waals surface area contributed by atoms with Crippen molar-refractivity contribution in [2.24, 2.45) is 5.73 Å². The Balaban J connectivity index is 2.10. The molecule has 0 aromatic heterocycles. The minimum atomic E-state index is 0.107. The summed E-state index contributed by atoms with van der Waals surface area (Å²) in [6, 6.07) is 0.129. The van der Waals surface area contributed by atoms with Crippen molar-refractivity contribution in [2.75, 3.05) is 20.1 Å². The van der Waals surface area contributed by atoms with Crippen molar-refractivity contribution in [2.45, 2.75) is 51.0 Å². The molecule has 0 aliphatic carbocycles. The van der Waals surface area contributed by atoms with Crippen molar-refractivity contribution >= 4 is 11.8 Å². The highest BCUT2D eigenvalue weighted by molar-refractivity contribution is 5.78. The molecule has 3 N–H and O–H groups in total. The number of unbranched alkanes of at least 4 members (excludes halogenated alkanes) is 3. The zero-order chi connectivity index (χ0) is 13.4. The van der Waals surface area contributed by atoms with E-state index in [1.54, 1.807) is 11.9 Å². The Morgan fingerprint density at radius 1 is 1.39 bits per heavy atom. The lowest BCUT2D eigenvalue weighted by atomic mass is 10.1. The fourth-order valence-corrected chi connectivity index (χ4v) is 2.21. The van der Waals surface area contributed by atoms with Gasteiger partial charge in [-0.3, -0.25) is 9.59 Å². The quantitative estimate of drug-likeness (QED) is 0.655. The van der Waals surface area contributed by atoms with Gasteiger partial charge in [-0.15, -0.1) is 0 Å². The average Bonchev–Trinajstić information content (AvgIpc) is 2.34. The van der Waals surface area contributed by atoms with Crippen LogP contribution in [0.4, 0.5) is 0 Å². The molecule has 1 rings (SSSR count). The molecule has 0 aromatic rings. The molecule has 1 atom stereocenters. The molecule has 1 aliphatic rings. The first-order valence-electron chi connectivity index (χ1n) is 6.87. The molecular weight excluding hydrogens is 230 g/mol. The smallest absolute Gasteiger partial charge is 0.222 e. The maximum atomic E-state index is 11.7. The van der Waals surface area contributed by atoms with Crippen LogP contribution in [0.25, 0.3) is 0 Å². The summed E-state index contributed by atoms with van der Waals surface area (Å²) in [6.45, 7) is 1.37. The van der Waals surface area contributed by atoms with E-state index in [9.17, 15) is 9.59 Å². The molecule has 1 aliphatic heterocycles. The fourth-order valence-electron chi connectivity index (χ4n) is 2.21. The lowest BCUT2D eigenvalue weighted by molar-refractivity contribution is -0.134. The van der Waals surface area contributed by atoms with E-state index in [4.69, 9.17) is 5.73 Å². The Kier molecular flexibility index (Phi) is 6.72. The SMILES string of the molecule is CN1CC(NC(=O)CCCCCCN)CCC1=O. The first-order valence-corrected chi connectivity index (χ1v) is 6.87. The fraction of sp³-hybridized carbons (Fsp3) is 0.846. The third kappa shape index (κ3) is 5.49. The van der Waals surface area contributed by atoms with Crippen molar-refractivity contribution in [3.8, 4) is 0 Å². The number of piperidine rings is 1.